The molecule has 0 bridgehead atoms. The maximum absolute atomic E-state index is 12.9. The number of esters is 1. The Kier molecular flexibility index (Phi) is 6.02. The number of amides is 1. The van der Waals surface area contributed by atoms with Crippen molar-refractivity contribution in [1.82, 2.24) is 4.57 Å². The number of ether oxygens (including phenoxy) is 1. The number of hydrogen-bond donors (Lipinski definition) is 1. The van der Waals surface area contributed by atoms with Gasteiger partial charge in [0.1, 0.15) is 15.3 Å². The van der Waals surface area contributed by atoms with Crippen LogP contribution in [0.4, 0.5) is 5.69 Å². The number of rotatable bonds is 4. The number of nitriles is 1. The highest BCUT2D eigenvalue weighted by Gasteiger charge is 2.17. The van der Waals surface area contributed by atoms with Gasteiger partial charge in [-0.25, -0.2) is 4.79 Å². The van der Waals surface area contributed by atoms with Crippen molar-refractivity contribution in [2.75, 3.05) is 12.4 Å². The minimum absolute atomic E-state index is 0.0518. The van der Waals surface area contributed by atoms with Crippen molar-refractivity contribution in [2.24, 2.45) is 0 Å². The van der Waals surface area contributed by atoms with Crippen LogP contribution in [0, 0.1) is 11.3 Å². The Balaban J connectivity index is 2.28. The van der Waals surface area contributed by atoms with Crippen molar-refractivity contribution in [3.63, 3.8) is 0 Å². The third-order valence-electron chi connectivity index (χ3n) is 3.87. The molecule has 0 aliphatic heterocycles. The number of thiazole rings is 1. The van der Waals surface area contributed by atoms with Gasteiger partial charge >= 0.3 is 5.97 Å². The lowest BCUT2D eigenvalue weighted by atomic mass is 10.2. The van der Waals surface area contributed by atoms with Gasteiger partial charge in [0.25, 0.3) is 11.5 Å². The number of para-hydroxylation sites is 2. The van der Waals surface area contributed by atoms with Crippen molar-refractivity contribution < 1.29 is 14.3 Å². The summed E-state index contributed by atoms with van der Waals surface area (Å²) in [6.45, 7) is 0. The Morgan fingerprint density at radius 2 is 1.72 bits per heavy atom. The van der Waals surface area contributed by atoms with E-state index in [0.29, 0.717) is 11.4 Å². The lowest BCUT2D eigenvalue weighted by Crippen LogP contribution is -2.32. The molecule has 7 nitrogen and oxygen atoms in total. The minimum Gasteiger partial charge on any atom is -0.466 e. The third-order valence-corrected chi connectivity index (χ3v) is 4.96. The number of benzene rings is 2. The molecule has 29 heavy (non-hydrogen) atoms. The van der Waals surface area contributed by atoms with E-state index in [2.05, 4.69) is 10.1 Å². The molecular formula is C21H15N3O4S. The van der Waals surface area contributed by atoms with E-state index in [9.17, 15) is 19.6 Å². The summed E-state index contributed by atoms with van der Waals surface area (Å²) < 4.78 is 6.00. The van der Waals surface area contributed by atoms with Crippen LogP contribution >= 0.6 is 11.3 Å². The van der Waals surface area contributed by atoms with Crippen molar-refractivity contribution in [1.29, 1.82) is 5.26 Å². The summed E-state index contributed by atoms with van der Waals surface area (Å²) >= 11 is 0.870. The molecule has 0 aliphatic rings. The average Bonchev–Trinajstić information content (AvgIpc) is 3.05. The van der Waals surface area contributed by atoms with Crippen LogP contribution in [0.15, 0.2) is 65.5 Å². The number of aromatic nitrogens is 1. The smallest absolute Gasteiger partial charge is 0.332 e. The number of nitrogens with zero attached hydrogens (tertiary/aromatic N) is 2. The highest BCUT2D eigenvalue weighted by atomic mass is 32.1. The number of carbonyl (C=O) groups is 2. The number of nitrogens with one attached hydrogen (secondary N) is 1. The van der Waals surface area contributed by atoms with E-state index in [1.54, 1.807) is 60.7 Å². The minimum atomic E-state index is -0.706. The molecule has 8 heteroatoms. The zero-order valence-corrected chi connectivity index (χ0v) is 16.1. The zero-order chi connectivity index (χ0) is 20.8. The Morgan fingerprint density at radius 1 is 1.10 bits per heavy atom. The molecule has 0 aliphatic carbocycles. The highest BCUT2D eigenvalue weighted by molar-refractivity contribution is 7.07. The van der Waals surface area contributed by atoms with Gasteiger partial charge in [0, 0.05) is 11.8 Å². The first-order chi connectivity index (χ1) is 14.0. The van der Waals surface area contributed by atoms with Gasteiger partial charge in [-0.1, -0.05) is 36.4 Å². The lowest BCUT2D eigenvalue weighted by Gasteiger charge is -2.05. The SMILES string of the molecule is COC(=O)C=c1sc(=C(C#N)C(=O)Nc2ccccc2)n(-c2ccccc2)c1=O. The lowest BCUT2D eigenvalue weighted by molar-refractivity contribution is -0.133. The number of methoxy groups -OCH3 is 1. The molecule has 0 atom stereocenters. The predicted molar refractivity (Wildman–Crippen MR) is 110 cm³/mol. The Labute approximate surface area is 169 Å². The van der Waals surface area contributed by atoms with E-state index in [1.807, 2.05) is 6.07 Å². The molecule has 0 radical (unpaired) electrons. The normalized spacial score (nSPS) is 12.1. The average molecular weight is 405 g/mol. The first-order valence-corrected chi connectivity index (χ1v) is 9.24. The van der Waals surface area contributed by atoms with Crippen LogP contribution in [0.1, 0.15) is 0 Å². The third kappa shape index (κ3) is 4.31. The maximum Gasteiger partial charge on any atom is 0.332 e. The summed E-state index contributed by atoms with van der Waals surface area (Å²) in [4.78, 5) is 37.3. The summed E-state index contributed by atoms with van der Waals surface area (Å²) in [5.74, 6) is -1.36. The molecule has 0 fully saturated rings. The fourth-order valence-electron chi connectivity index (χ4n) is 2.54. The molecule has 144 valence electrons. The van der Waals surface area contributed by atoms with Crippen LogP contribution in [0.2, 0.25) is 0 Å². The largest absolute Gasteiger partial charge is 0.466 e. The van der Waals surface area contributed by atoms with Gasteiger partial charge in [0.15, 0.2) is 5.57 Å². The molecular weight excluding hydrogens is 390 g/mol. The van der Waals surface area contributed by atoms with Crippen molar-refractivity contribution in [3.8, 4) is 11.8 Å². The molecule has 1 aromatic heterocycles. The Morgan fingerprint density at radius 3 is 2.31 bits per heavy atom. The maximum atomic E-state index is 12.9. The summed E-state index contributed by atoms with van der Waals surface area (Å²) in [6.07, 6.45) is 1.04. The zero-order valence-electron chi connectivity index (χ0n) is 15.3. The number of anilines is 1. The van der Waals surface area contributed by atoms with Gasteiger partial charge in [-0.15, -0.1) is 11.3 Å². The number of carbonyl (C=O) groups excluding carboxylic acids is 2. The van der Waals surface area contributed by atoms with Gasteiger partial charge in [-0.3, -0.25) is 14.2 Å². The molecule has 0 saturated carbocycles. The number of hydrogen-bond acceptors (Lipinski definition) is 6. The summed E-state index contributed by atoms with van der Waals surface area (Å²) in [6, 6.07) is 19.1. The monoisotopic (exact) mass is 405 g/mol. The standard InChI is InChI=1S/C21H15N3O4S/c1-28-18(25)12-17-20(27)24(15-10-6-3-7-11-15)21(29-17)16(13-22)19(26)23-14-8-4-2-5-9-14/h2-12H,1H3,(H,23,26). The predicted octanol–water partition coefficient (Wildman–Crippen LogP) is 1.17. The molecule has 0 saturated heterocycles. The molecule has 0 unspecified atom stereocenters. The molecule has 3 rings (SSSR count). The quantitative estimate of drug-likeness (QED) is 0.657. The Bertz CT molecular complexity index is 1270. The van der Waals surface area contributed by atoms with Crippen molar-refractivity contribution in [2.45, 2.75) is 0 Å². The van der Waals surface area contributed by atoms with Gasteiger partial charge in [-0.2, -0.15) is 5.26 Å². The highest BCUT2D eigenvalue weighted by Crippen LogP contribution is 2.08. The van der Waals surface area contributed by atoms with E-state index < -0.39 is 17.4 Å². The molecule has 0 spiro atoms. The first-order valence-electron chi connectivity index (χ1n) is 8.43. The van der Waals surface area contributed by atoms with Gasteiger partial charge < -0.3 is 10.1 Å². The van der Waals surface area contributed by atoms with E-state index >= 15 is 0 Å². The van der Waals surface area contributed by atoms with Crippen molar-refractivity contribution >= 4 is 40.5 Å². The molecule has 1 N–H and O–H groups in total. The topological polar surface area (TPSA) is 101 Å². The van der Waals surface area contributed by atoms with E-state index in [1.165, 1.54) is 11.7 Å². The van der Waals surface area contributed by atoms with E-state index in [-0.39, 0.29) is 14.8 Å². The molecule has 2 aromatic carbocycles. The summed E-state index contributed by atoms with van der Waals surface area (Å²) in [5.41, 5.74) is 0.205. The van der Waals surface area contributed by atoms with Gasteiger partial charge in [0.05, 0.1) is 12.8 Å². The Hall–Kier alpha value is -3.96. The fraction of sp³-hybridized carbons (Fsp3) is 0.0476. The van der Waals surface area contributed by atoms with Crippen LogP contribution in [0.25, 0.3) is 17.3 Å². The van der Waals surface area contributed by atoms with Crippen LogP contribution in [0.3, 0.4) is 0 Å². The van der Waals surface area contributed by atoms with Gasteiger partial charge in [0.2, 0.25) is 0 Å². The molecule has 1 amide bonds. The van der Waals surface area contributed by atoms with Crippen LogP contribution < -0.4 is 20.1 Å². The van der Waals surface area contributed by atoms with Crippen LogP contribution in [-0.2, 0) is 14.3 Å². The van der Waals surface area contributed by atoms with Crippen molar-refractivity contribution in [3.05, 3.63) is 80.2 Å². The molecule has 3 aromatic rings. The second-order valence-electron chi connectivity index (χ2n) is 5.72. The van der Waals surface area contributed by atoms with Crippen LogP contribution in [0.5, 0.6) is 0 Å². The van der Waals surface area contributed by atoms with Gasteiger partial charge in [-0.05, 0) is 24.3 Å². The fourth-order valence-corrected chi connectivity index (χ4v) is 3.60. The van der Waals surface area contributed by atoms with E-state index in [4.69, 9.17) is 0 Å². The second kappa shape index (κ2) is 8.82. The summed E-state index contributed by atoms with van der Waals surface area (Å²) in [5, 5.41) is 12.3. The first kappa shape index (κ1) is 19.8. The van der Waals surface area contributed by atoms with Crippen LogP contribution in [-0.4, -0.2) is 23.6 Å². The molecule has 1 heterocycles. The van der Waals surface area contributed by atoms with E-state index in [0.717, 1.165) is 17.4 Å². The second-order valence-corrected chi connectivity index (χ2v) is 6.75. The summed E-state index contributed by atoms with van der Waals surface area (Å²) in [7, 11) is 1.20.